The lowest BCUT2D eigenvalue weighted by Gasteiger charge is -2.12. The van der Waals surface area contributed by atoms with Gasteiger partial charge in [0.1, 0.15) is 11.4 Å². The summed E-state index contributed by atoms with van der Waals surface area (Å²) < 4.78 is 5.79. The number of aromatic nitrogens is 1. The fourth-order valence-corrected chi connectivity index (χ4v) is 2.09. The predicted octanol–water partition coefficient (Wildman–Crippen LogP) is 2.81. The maximum atomic E-state index is 12.0. The number of para-hydroxylation sites is 1. The molecule has 2 aromatic rings. The lowest BCUT2D eigenvalue weighted by molar-refractivity contribution is -0.115. The molecule has 3 rings (SSSR count). The van der Waals surface area contributed by atoms with Gasteiger partial charge in [-0.3, -0.25) is 9.78 Å². The van der Waals surface area contributed by atoms with E-state index in [0.717, 1.165) is 18.2 Å². The quantitative estimate of drug-likeness (QED) is 0.825. The van der Waals surface area contributed by atoms with E-state index >= 15 is 0 Å². The fraction of sp³-hybridized carbons (Fsp3) is 0.294. The zero-order valence-corrected chi connectivity index (χ0v) is 12.3. The lowest BCUT2D eigenvalue weighted by Crippen LogP contribution is -2.29. The number of amides is 1. The molecule has 1 heterocycles. The Morgan fingerprint density at radius 2 is 2.05 bits per heavy atom. The van der Waals surface area contributed by atoms with Crippen LogP contribution in [0.3, 0.4) is 0 Å². The van der Waals surface area contributed by atoms with E-state index in [1.165, 1.54) is 12.8 Å². The number of carbonyl (C=O) groups is 1. The van der Waals surface area contributed by atoms with Crippen molar-refractivity contribution in [1.29, 1.82) is 0 Å². The summed E-state index contributed by atoms with van der Waals surface area (Å²) in [6.07, 6.45) is 5.77. The van der Waals surface area contributed by atoms with Gasteiger partial charge in [-0.25, -0.2) is 0 Å². The van der Waals surface area contributed by atoms with E-state index in [1.54, 1.807) is 18.5 Å². The minimum atomic E-state index is -0.0911. The molecule has 0 spiro atoms. The molecular formula is C17H19N3O2. The normalized spacial score (nSPS) is 13.6. The molecule has 5 heteroatoms. The summed E-state index contributed by atoms with van der Waals surface area (Å²) in [5.74, 6) is 1.96. The molecule has 1 aliphatic carbocycles. The van der Waals surface area contributed by atoms with Gasteiger partial charge < -0.3 is 15.4 Å². The molecule has 1 fully saturated rings. The summed E-state index contributed by atoms with van der Waals surface area (Å²) in [6.45, 7) is 1.21. The first-order chi connectivity index (χ1) is 10.8. The maximum absolute atomic E-state index is 12.0. The van der Waals surface area contributed by atoms with Gasteiger partial charge in [0.2, 0.25) is 5.91 Å². The van der Waals surface area contributed by atoms with Crippen LogP contribution in [0.15, 0.2) is 48.8 Å². The number of hydrogen-bond donors (Lipinski definition) is 2. The van der Waals surface area contributed by atoms with Crippen LogP contribution in [0.2, 0.25) is 0 Å². The average molecular weight is 297 g/mol. The van der Waals surface area contributed by atoms with Gasteiger partial charge in [-0.2, -0.15) is 0 Å². The molecule has 1 aromatic carbocycles. The number of nitrogens with one attached hydrogen (secondary N) is 2. The smallest absolute Gasteiger partial charge is 0.238 e. The molecule has 0 unspecified atom stereocenters. The number of anilines is 1. The zero-order valence-electron chi connectivity index (χ0n) is 12.3. The second-order valence-electron chi connectivity index (χ2n) is 5.41. The van der Waals surface area contributed by atoms with Crippen molar-refractivity contribution >= 4 is 11.6 Å². The minimum absolute atomic E-state index is 0.0911. The van der Waals surface area contributed by atoms with Crippen molar-refractivity contribution in [2.24, 2.45) is 5.92 Å². The number of nitrogens with zero attached hydrogens (tertiary/aromatic N) is 1. The topological polar surface area (TPSA) is 63.2 Å². The lowest BCUT2D eigenvalue weighted by atomic mass is 10.3. The van der Waals surface area contributed by atoms with Crippen molar-refractivity contribution in [2.75, 3.05) is 18.4 Å². The molecule has 1 aliphatic rings. The van der Waals surface area contributed by atoms with Crippen LogP contribution >= 0.6 is 0 Å². The fourth-order valence-electron chi connectivity index (χ4n) is 2.09. The first kappa shape index (κ1) is 14.5. The molecular weight excluding hydrogens is 278 g/mol. The summed E-state index contributed by atoms with van der Waals surface area (Å²) in [4.78, 5) is 16.0. The molecule has 5 nitrogen and oxygen atoms in total. The largest absolute Gasteiger partial charge is 0.455 e. The highest BCUT2D eigenvalue weighted by atomic mass is 16.5. The maximum Gasteiger partial charge on any atom is 0.238 e. The number of carbonyl (C=O) groups excluding carboxylic acids is 1. The molecule has 0 radical (unpaired) electrons. The van der Waals surface area contributed by atoms with E-state index < -0.39 is 0 Å². The molecule has 1 aromatic heterocycles. The van der Waals surface area contributed by atoms with E-state index in [0.29, 0.717) is 18.0 Å². The molecule has 1 amide bonds. The van der Waals surface area contributed by atoms with Crippen molar-refractivity contribution in [3.8, 4) is 11.5 Å². The second kappa shape index (κ2) is 7.04. The van der Waals surface area contributed by atoms with Crippen LogP contribution in [0.5, 0.6) is 11.5 Å². The first-order valence-electron chi connectivity index (χ1n) is 7.49. The van der Waals surface area contributed by atoms with Crippen LogP contribution in [-0.4, -0.2) is 24.0 Å². The zero-order chi connectivity index (χ0) is 15.2. The number of pyridine rings is 1. The molecule has 1 saturated carbocycles. The Bertz CT molecular complexity index is 627. The molecule has 22 heavy (non-hydrogen) atoms. The Morgan fingerprint density at radius 1 is 1.23 bits per heavy atom. The molecule has 0 saturated heterocycles. The highest BCUT2D eigenvalue weighted by Crippen LogP contribution is 2.28. The number of ether oxygens (including phenoxy) is 1. The number of rotatable bonds is 7. The van der Waals surface area contributed by atoms with Gasteiger partial charge in [0.25, 0.3) is 0 Å². The average Bonchev–Trinajstić information content (AvgIpc) is 3.35. The molecule has 2 N–H and O–H groups in total. The second-order valence-corrected chi connectivity index (χ2v) is 5.41. The van der Waals surface area contributed by atoms with Crippen molar-refractivity contribution < 1.29 is 9.53 Å². The molecule has 0 atom stereocenters. The summed E-state index contributed by atoms with van der Waals surface area (Å²) in [6, 6.07) is 11.2. The molecule has 0 bridgehead atoms. The Hall–Kier alpha value is -2.40. The van der Waals surface area contributed by atoms with E-state index in [9.17, 15) is 4.79 Å². The highest BCUT2D eigenvalue weighted by Gasteiger charge is 2.20. The summed E-state index contributed by atoms with van der Waals surface area (Å²) >= 11 is 0. The van der Waals surface area contributed by atoms with Crippen LogP contribution in [0, 0.1) is 5.92 Å². The van der Waals surface area contributed by atoms with Crippen LogP contribution in [0.1, 0.15) is 12.8 Å². The standard InChI is InChI=1S/C17H19N3O2/c21-17(12-19-10-13-6-7-13)20-15-11-18-9-8-16(15)22-14-4-2-1-3-5-14/h1-5,8-9,11,13,19H,6-7,10,12H2,(H,20,21). The van der Waals surface area contributed by atoms with E-state index in [2.05, 4.69) is 15.6 Å². The highest BCUT2D eigenvalue weighted by molar-refractivity contribution is 5.93. The van der Waals surface area contributed by atoms with Gasteiger partial charge in [0, 0.05) is 12.3 Å². The van der Waals surface area contributed by atoms with Crippen molar-refractivity contribution in [3.05, 3.63) is 48.8 Å². The Balaban J connectivity index is 1.59. The van der Waals surface area contributed by atoms with Gasteiger partial charge >= 0.3 is 0 Å². The Morgan fingerprint density at radius 3 is 2.82 bits per heavy atom. The number of benzene rings is 1. The van der Waals surface area contributed by atoms with E-state index in [-0.39, 0.29) is 5.91 Å². The van der Waals surface area contributed by atoms with Gasteiger partial charge in [-0.1, -0.05) is 18.2 Å². The predicted molar refractivity (Wildman–Crippen MR) is 85.0 cm³/mol. The van der Waals surface area contributed by atoms with Crippen LogP contribution in [-0.2, 0) is 4.79 Å². The van der Waals surface area contributed by atoms with Crippen molar-refractivity contribution in [3.63, 3.8) is 0 Å². The van der Waals surface area contributed by atoms with Gasteiger partial charge in [0.05, 0.1) is 12.7 Å². The van der Waals surface area contributed by atoms with Crippen molar-refractivity contribution in [1.82, 2.24) is 10.3 Å². The third-order valence-electron chi connectivity index (χ3n) is 3.44. The van der Waals surface area contributed by atoms with Crippen molar-refractivity contribution in [2.45, 2.75) is 12.8 Å². The summed E-state index contributed by atoms with van der Waals surface area (Å²) in [5.41, 5.74) is 0.574. The van der Waals surface area contributed by atoms with Crippen LogP contribution < -0.4 is 15.4 Å². The van der Waals surface area contributed by atoms with Gasteiger partial charge in [0.15, 0.2) is 5.75 Å². The minimum Gasteiger partial charge on any atom is -0.455 e. The summed E-state index contributed by atoms with van der Waals surface area (Å²) in [5, 5.41) is 6.00. The monoisotopic (exact) mass is 297 g/mol. The molecule has 114 valence electrons. The third-order valence-corrected chi connectivity index (χ3v) is 3.44. The SMILES string of the molecule is O=C(CNCC1CC1)Nc1cnccc1Oc1ccccc1. The van der Waals surface area contributed by atoms with E-state index in [4.69, 9.17) is 4.74 Å². The van der Waals surface area contributed by atoms with E-state index in [1.807, 2.05) is 30.3 Å². The molecule has 0 aliphatic heterocycles. The number of hydrogen-bond acceptors (Lipinski definition) is 4. The van der Waals surface area contributed by atoms with Crippen LogP contribution in [0.4, 0.5) is 5.69 Å². The first-order valence-corrected chi connectivity index (χ1v) is 7.49. The summed E-state index contributed by atoms with van der Waals surface area (Å²) in [7, 11) is 0. The van der Waals surface area contributed by atoms with Crippen LogP contribution in [0.25, 0.3) is 0 Å². The Kier molecular flexibility index (Phi) is 4.65. The van der Waals surface area contributed by atoms with Gasteiger partial charge in [-0.05, 0) is 37.4 Å². The third kappa shape index (κ3) is 4.30. The Labute approximate surface area is 129 Å². The van der Waals surface area contributed by atoms with Gasteiger partial charge in [-0.15, -0.1) is 0 Å².